The molecule has 0 amide bonds. The summed E-state index contributed by atoms with van der Waals surface area (Å²) in [5.41, 5.74) is 0. The average molecular weight is 245 g/mol. The second kappa shape index (κ2) is 10.9. The molecule has 2 N–H and O–H groups in total. The molecule has 0 fully saturated rings. The first-order valence-electron chi connectivity index (χ1n) is 4.13. The molecule has 0 spiro atoms. The van der Waals surface area contributed by atoms with E-state index in [1.807, 2.05) is 6.92 Å². The van der Waals surface area contributed by atoms with E-state index < -0.39 is 16.8 Å². The first kappa shape index (κ1) is 16.3. The third kappa shape index (κ3) is 22.6. The molecular weight excluding hydrogens is 231 g/mol. The number of aliphatic hydroxyl groups is 2. The van der Waals surface area contributed by atoms with E-state index in [0.29, 0.717) is 6.42 Å². The van der Waals surface area contributed by atoms with Crippen molar-refractivity contribution in [3.8, 4) is 0 Å². The van der Waals surface area contributed by atoms with Crippen LogP contribution in [0.1, 0.15) is 32.6 Å². The summed E-state index contributed by atoms with van der Waals surface area (Å²) in [6, 6.07) is 0. The van der Waals surface area contributed by atoms with Gasteiger partial charge in [-0.15, -0.1) is 0 Å². The monoisotopic (exact) mass is 244 g/mol. The van der Waals surface area contributed by atoms with E-state index in [4.69, 9.17) is 33.4 Å². The van der Waals surface area contributed by atoms with Crippen LogP contribution in [0.5, 0.6) is 0 Å². The highest BCUT2D eigenvalue weighted by molar-refractivity contribution is 6.65. The maximum Gasteiger partial charge on any atom is 0.222 e. The molecule has 0 aromatic rings. The molecule has 84 valence electrons. The van der Waals surface area contributed by atoms with Gasteiger partial charge in [0.15, 0.2) is 6.29 Å². The van der Waals surface area contributed by atoms with Crippen molar-refractivity contribution < 1.29 is 19.8 Å². The Balaban J connectivity index is 0. The van der Waals surface area contributed by atoms with Crippen molar-refractivity contribution in [2.24, 2.45) is 0 Å². The third-order valence-corrected chi connectivity index (χ3v) is 1.44. The largest absolute Gasteiger partial charge is 0.368 e. The molecule has 6 heteroatoms. The van der Waals surface area contributed by atoms with Crippen LogP contribution in [0.15, 0.2) is 0 Å². The molecule has 4 nitrogen and oxygen atoms in total. The third-order valence-electron chi connectivity index (χ3n) is 1.06. The minimum atomic E-state index is -1.10. The van der Waals surface area contributed by atoms with E-state index in [1.54, 1.807) is 0 Å². The van der Waals surface area contributed by atoms with Gasteiger partial charge in [0.2, 0.25) is 10.5 Å². The summed E-state index contributed by atoms with van der Waals surface area (Å²) in [5, 5.41) is 15.2. The fourth-order valence-electron chi connectivity index (χ4n) is 0.455. The molecule has 0 aliphatic rings. The Labute approximate surface area is 92.8 Å². The van der Waals surface area contributed by atoms with Crippen molar-refractivity contribution in [2.45, 2.75) is 38.9 Å². The van der Waals surface area contributed by atoms with E-state index in [2.05, 4.69) is 0 Å². The molecule has 0 aliphatic heterocycles. The van der Waals surface area contributed by atoms with Crippen LogP contribution in [0.4, 0.5) is 0 Å². The smallest absolute Gasteiger partial charge is 0.222 e. The predicted octanol–water partition coefficient (Wildman–Crippen LogP) is 1.39. The number of carbonyl (C=O) groups is 2. The van der Waals surface area contributed by atoms with Crippen LogP contribution in [0, 0.1) is 0 Å². The van der Waals surface area contributed by atoms with Gasteiger partial charge in [0.25, 0.3) is 0 Å². The molecule has 0 atom stereocenters. The molecule has 0 radical (unpaired) electrons. The van der Waals surface area contributed by atoms with Crippen LogP contribution in [0.25, 0.3) is 0 Å². The lowest BCUT2D eigenvalue weighted by molar-refractivity contribution is -0.116. The summed E-state index contributed by atoms with van der Waals surface area (Å²) < 4.78 is 0. The Morgan fingerprint density at radius 3 is 1.57 bits per heavy atom. The van der Waals surface area contributed by atoms with Crippen LogP contribution < -0.4 is 0 Å². The highest BCUT2D eigenvalue weighted by atomic mass is 35.5. The van der Waals surface area contributed by atoms with E-state index in [0.717, 1.165) is 6.42 Å². The number of carbonyl (C=O) groups excluding carboxylic acids is 2. The Bertz CT molecular complexity index is 157. The Kier molecular flexibility index (Phi) is 12.7. The normalized spacial score (nSPS) is 9.29. The van der Waals surface area contributed by atoms with Gasteiger partial charge in [0.1, 0.15) is 0 Å². The van der Waals surface area contributed by atoms with Crippen LogP contribution in [-0.4, -0.2) is 27.0 Å². The van der Waals surface area contributed by atoms with Gasteiger partial charge in [0, 0.05) is 12.8 Å². The van der Waals surface area contributed by atoms with Crippen molar-refractivity contribution in [2.75, 3.05) is 0 Å². The highest BCUT2D eigenvalue weighted by Crippen LogP contribution is 1.97. The van der Waals surface area contributed by atoms with Gasteiger partial charge in [-0.1, -0.05) is 13.3 Å². The number of hydrogen-bond acceptors (Lipinski definition) is 4. The van der Waals surface area contributed by atoms with Gasteiger partial charge in [-0.25, -0.2) is 0 Å². The Morgan fingerprint density at radius 2 is 1.50 bits per heavy atom. The molecule has 0 rings (SSSR count). The Morgan fingerprint density at radius 1 is 1.14 bits per heavy atom. The zero-order valence-electron chi connectivity index (χ0n) is 7.87. The van der Waals surface area contributed by atoms with E-state index >= 15 is 0 Å². The quantitative estimate of drug-likeness (QED) is 0.567. The number of rotatable bonds is 5. The van der Waals surface area contributed by atoms with Crippen LogP contribution in [0.2, 0.25) is 0 Å². The molecule has 0 aromatic carbocycles. The first-order chi connectivity index (χ1) is 6.40. The molecule has 0 heterocycles. The van der Waals surface area contributed by atoms with E-state index in [-0.39, 0.29) is 12.8 Å². The van der Waals surface area contributed by atoms with Gasteiger partial charge < -0.3 is 10.2 Å². The van der Waals surface area contributed by atoms with Gasteiger partial charge >= 0.3 is 0 Å². The van der Waals surface area contributed by atoms with Crippen molar-refractivity contribution in [3.05, 3.63) is 0 Å². The van der Waals surface area contributed by atoms with Crippen LogP contribution in [-0.2, 0) is 9.59 Å². The predicted molar refractivity (Wildman–Crippen MR) is 54.1 cm³/mol. The minimum absolute atomic E-state index is 0.0316. The molecule has 0 bridgehead atoms. The van der Waals surface area contributed by atoms with Crippen LogP contribution >= 0.6 is 23.2 Å². The lowest BCUT2D eigenvalue weighted by atomic mass is 10.3. The second-order valence-corrected chi connectivity index (χ2v) is 3.32. The fraction of sp³-hybridized carbons (Fsp3) is 0.750. The van der Waals surface area contributed by atoms with Crippen molar-refractivity contribution in [1.29, 1.82) is 0 Å². The maximum absolute atomic E-state index is 9.90. The standard InChI is InChI=1S/C4H4Cl2O2.C4H10O2/c5-3(7)1-2-4(6)8;1-2-3-4(5)6/h1-2H2;4-6H,2-3H2,1H3. The van der Waals surface area contributed by atoms with Gasteiger partial charge in [-0.3, -0.25) is 9.59 Å². The molecule has 14 heavy (non-hydrogen) atoms. The summed E-state index contributed by atoms with van der Waals surface area (Å²) in [5.74, 6) is 0. The Hall–Kier alpha value is -0.160. The van der Waals surface area contributed by atoms with E-state index in [9.17, 15) is 9.59 Å². The molecule has 0 unspecified atom stereocenters. The fourth-order valence-corrected chi connectivity index (χ4v) is 0.644. The summed E-state index contributed by atoms with van der Waals surface area (Å²) in [7, 11) is 0. The number of hydrogen-bond donors (Lipinski definition) is 2. The molecule has 0 aromatic heterocycles. The van der Waals surface area contributed by atoms with Crippen molar-refractivity contribution in [1.82, 2.24) is 0 Å². The molecular formula is C8H14Cl2O4. The molecule has 0 saturated heterocycles. The SMILES string of the molecule is CCCC(O)O.O=C(Cl)CCC(=O)Cl. The number of halogens is 2. The molecule has 0 saturated carbocycles. The van der Waals surface area contributed by atoms with Gasteiger partial charge in [-0.2, -0.15) is 0 Å². The van der Waals surface area contributed by atoms with Crippen molar-refractivity contribution >= 4 is 33.7 Å². The highest BCUT2D eigenvalue weighted by Gasteiger charge is 1.99. The topological polar surface area (TPSA) is 74.6 Å². The van der Waals surface area contributed by atoms with Crippen molar-refractivity contribution in [3.63, 3.8) is 0 Å². The summed E-state index contributed by atoms with van der Waals surface area (Å²) in [6.07, 6.45) is 0.279. The zero-order chi connectivity index (χ0) is 11.6. The summed E-state index contributed by atoms with van der Waals surface area (Å²) >= 11 is 9.74. The lowest BCUT2D eigenvalue weighted by Crippen LogP contribution is -2.01. The summed E-state index contributed by atoms with van der Waals surface area (Å²) in [6.45, 7) is 1.90. The zero-order valence-corrected chi connectivity index (χ0v) is 9.38. The first-order valence-corrected chi connectivity index (χ1v) is 4.88. The molecule has 0 aliphatic carbocycles. The average Bonchev–Trinajstić information content (AvgIpc) is 2.01. The second-order valence-electron chi connectivity index (χ2n) is 2.48. The maximum atomic E-state index is 9.90. The van der Waals surface area contributed by atoms with Gasteiger partial charge in [-0.05, 0) is 29.6 Å². The summed E-state index contributed by atoms with van der Waals surface area (Å²) in [4.78, 5) is 19.8. The van der Waals surface area contributed by atoms with Gasteiger partial charge in [0.05, 0.1) is 0 Å². The lowest BCUT2D eigenvalue weighted by Gasteiger charge is -1.94. The van der Waals surface area contributed by atoms with Crippen LogP contribution in [0.3, 0.4) is 0 Å². The minimum Gasteiger partial charge on any atom is -0.368 e. The number of aliphatic hydroxyl groups excluding tert-OH is 1. The van der Waals surface area contributed by atoms with E-state index in [1.165, 1.54) is 0 Å².